The molecule has 112 valence electrons. The van der Waals surface area contributed by atoms with Gasteiger partial charge in [-0.05, 0) is 0 Å². The highest BCUT2D eigenvalue weighted by atomic mass is 32.1. The van der Waals surface area contributed by atoms with Crippen LogP contribution in [0.5, 0.6) is 0 Å². The third-order valence-electron chi connectivity index (χ3n) is 2.29. The molecule has 1 aromatic heterocycles. The molecule has 0 spiro atoms. The number of aromatic nitrogens is 1. The van der Waals surface area contributed by atoms with Crippen molar-refractivity contribution in [1.82, 2.24) is 10.3 Å². The summed E-state index contributed by atoms with van der Waals surface area (Å²) in [6.07, 6.45) is -4.09. The summed E-state index contributed by atoms with van der Waals surface area (Å²) < 4.78 is 44.1. The molecule has 10 heteroatoms. The van der Waals surface area contributed by atoms with Gasteiger partial charge in [-0.1, -0.05) is 6.92 Å². The zero-order valence-electron chi connectivity index (χ0n) is 10.6. The smallest absolute Gasteiger partial charge is 0.442 e. The van der Waals surface area contributed by atoms with E-state index in [0.29, 0.717) is 0 Å². The van der Waals surface area contributed by atoms with Crippen molar-refractivity contribution < 1.29 is 27.5 Å². The summed E-state index contributed by atoms with van der Waals surface area (Å²) in [7, 11) is 0.796. The molecule has 0 saturated heterocycles. The predicted octanol–water partition coefficient (Wildman–Crippen LogP) is 1.51. The van der Waals surface area contributed by atoms with E-state index in [1.165, 1.54) is 18.5 Å². The van der Waals surface area contributed by atoms with E-state index >= 15 is 0 Å². The monoisotopic (exact) mass is 311 g/mol. The van der Waals surface area contributed by atoms with Crippen LogP contribution in [0.1, 0.15) is 13.3 Å². The van der Waals surface area contributed by atoms with Crippen LogP contribution in [0, 0.1) is 0 Å². The molecule has 0 aliphatic heterocycles. The number of carbonyl (C=O) groups excluding carboxylic acids is 2. The molecule has 1 atom stereocenters. The quantitative estimate of drug-likeness (QED) is 0.636. The minimum absolute atomic E-state index is 0.177. The summed E-state index contributed by atoms with van der Waals surface area (Å²) in [5.41, 5.74) is -3.37. The number of esters is 1. The normalized spacial score (nSPS) is 14.2. The summed E-state index contributed by atoms with van der Waals surface area (Å²) in [6, 6.07) is 0. The van der Waals surface area contributed by atoms with Gasteiger partial charge in [0.2, 0.25) is 5.91 Å². The van der Waals surface area contributed by atoms with Gasteiger partial charge in [-0.3, -0.25) is 4.79 Å². The van der Waals surface area contributed by atoms with E-state index in [0.717, 1.165) is 18.4 Å². The molecule has 0 radical (unpaired) electrons. The van der Waals surface area contributed by atoms with Crippen LogP contribution in [0.4, 0.5) is 18.3 Å². The van der Waals surface area contributed by atoms with Crippen LogP contribution in [0.3, 0.4) is 0 Å². The first-order chi connectivity index (χ1) is 9.26. The first-order valence-electron chi connectivity index (χ1n) is 5.40. The number of thiazole rings is 1. The molecule has 1 aromatic rings. The molecule has 0 aliphatic carbocycles. The van der Waals surface area contributed by atoms with Gasteiger partial charge >= 0.3 is 17.8 Å². The number of halogens is 3. The highest BCUT2D eigenvalue weighted by Gasteiger charge is 2.63. The van der Waals surface area contributed by atoms with Crippen LogP contribution in [-0.2, 0) is 14.3 Å². The Morgan fingerprint density at radius 2 is 2.10 bits per heavy atom. The molecule has 1 heterocycles. The number of hydrogen-bond donors (Lipinski definition) is 2. The maximum absolute atomic E-state index is 13.3. The number of rotatable bonds is 5. The average Bonchev–Trinajstić information content (AvgIpc) is 2.88. The van der Waals surface area contributed by atoms with E-state index in [2.05, 4.69) is 9.72 Å². The second-order valence-electron chi connectivity index (χ2n) is 3.60. The molecular formula is C10H12F3N3O3S. The highest BCUT2D eigenvalue weighted by molar-refractivity contribution is 7.13. The largest absolute Gasteiger partial charge is 0.466 e. The fourth-order valence-electron chi connectivity index (χ4n) is 1.29. The van der Waals surface area contributed by atoms with Crippen LogP contribution in [0.25, 0.3) is 0 Å². The van der Waals surface area contributed by atoms with Crippen molar-refractivity contribution in [2.45, 2.75) is 25.2 Å². The second kappa shape index (κ2) is 6.07. The maximum atomic E-state index is 13.3. The zero-order chi connectivity index (χ0) is 15.4. The van der Waals surface area contributed by atoms with Gasteiger partial charge in [0.05, 0.1) is 7.11 Å². The molecule has 20 heavy (non-hydrogen) atoms. The number of nitrogens with zero attached hydrogens (tertiary/aromatic N) is 1. The third-order valence-corrected chi connectivity index (χ3v) is 2.98. The van der Waals surface area contributed by atoms with Crippen molar-refractivity contribution in [3.05, 3.63) is 11.6 Å². The lowest BCUT2D eigenvalue weighted by atomic mass is 10.1. The van der Waals surface area contributed by atoms with E-state index in [-0.39, 0.29) is 11.6 Å². The molecule has 0 bridgehead atoms. The summed E-state index contributed by atoms with van der Waals surface area (Å²) in [6.45, 7) is 1.36. The fourth-order valence-corrected chi connectivity index (χ4v) is 1.87. The third kappa shape index (κ3) is 3.18. The minimum Gasteiger partial charge on any atom is -0.466 e. The lowest BCUT2D eigenvalue weighted by molar-refractivity contribution is -0.206. The van der Waals surface area contributed by atoms with Crippen LogP contribution in [0.2, 0.25) is 0 Å². The molecule has 0 aliphatic rings. The lowest BCUT2D eigenvalue weighted by Crippen LogP contribution is -2.69. The Bertz CT molecular complexity index is 478. The average molecular weight is 311 g/mol. The Kier molecular flexibility index (Phi) is 4.93. The second-order valence-corrected chi connectivity index (χ2v) is 4.50. The molecule has 0 fully saturated rings. The summed E-state index contributed by atoms with van der Waals surface area (Å²) in [5.74, 6) is -2.64. The fraction of sp³-hybridized carbons (Fsp3) is 0.500. The van der Waals surface area contributed by atoms with Gasteiger partial charge in [-0.15, -0.1) is 11.3 Å². The van der Waals surface area contributed by atoms with Gasteiger partial charge in [0, 0.05) is 18.0 Å². The Morgan fingerprint density at radius 1 is 1.45 bits per heavy atom. The number of hydrogen-bond acceptors (Lipinski definition) is 6. The Labute approximate surface area is 116 Å². The number of carbonyl (C=O) groups is 2. The van der Waals surface area contributed by atoms with Crippen LogP contribution in [-0.4, -0.2) is 35.8 Å². The summed E-state index contributed by atoms with van der Waals surface area (Å²) in [4.78, 5) is 26.6. The molecule has 2 N–H and O–H groups in total. The SMILES string of the molecule is CCC(=O)N[C@@](Nc1nccs1)(C(=O)OC)C(F)(F)F. The van der Waals surface area contributed by atoms with Gasteiger partial charge in [0.25, 0.3) is 0 Å². The summed E-state index contributed by atoms with van der Waals surface area (Å²) in [5, 5.41) is 4.77. The zero-order valence-corrected chi connectivity index (χ0v) is 11.4. The predicted molar refractivity (Wildman–Crippen MR) is 65.0 cm³/mol. The van der Waals surface area contributed by atoms with Gasteiger partial charge < -0.3 is 15.4 Å². The number of ether oxygens (including phenoxy) is 1. The van der Waals surface area contributed by atoms with Gasteiger partial charge in [0.15, 0.2) is 5.13 Å². The van der Waals surface area contributed by atoms with Gasteiger partial charge in [-0.25, -0.2) is 9.78 Å². The van der Waals surface area contributed by atoms with Gasteiger partial charge in [0.1, 0.15) is 0 Å². The van der Waals surface area contributed by atoms with Crippen molar-refractivity contribution in [1.29, 1.82) is 0 Å². The molecule has 1 amide bonds. The standard InChI is InChI=1S/C10H12F3N3O3S/c1-3-6(17)15-9(7(18)19-2,10(11,12)13)16-8-14-4-5-20-8/h4-5H,3H2,1-2H3,(H,14,16)(H,15,17)/t9-/m1/s1. The molecule has 0 aromatic carbocycles. The van der Waals surface area contributed by atoms with E-state index in [9.17, 15) is 22.8 Å². The van der Waals surface area contributed by atoms with Crippen molar-refractivity contribution in [2.24, 2.45) is 0 Å². The Morgan fingerprint density at radius 3 is 2.50 bits per heavy atom. The molecular weight excluding hydrogens is 299 g/mol. The number of anilines is 1. The van der Waals surface area contributed by atoms with Crippen molar-refractivity contribution >= 4 is 28.3 Å². The lowest BCUT2D eigenvalue weighted by Gasteiger charge is -2.33. The van der Waals surface area contributed by atoms with Crippen molar-refractivity contribution in [3.63, 3.8) is 0 Å². The molecule has 1 rings (SSSR count). The van der Waals surface area contributed by atoms with E-state index in [4.69, 9.17) is 0 Å². The topological polar surface area (TPSA) is 80.3 Å². The maximum Gasteiger partial charge on any atom is 0.442 e. The number of amides is 1. The van der Waals surface area contributed by atoms with Crippen LogP contribution in [0.15, 0.2) is 11.6 Å². The van der Waals surface area contributed by atoms with Crippen molar-refractivity contribution in [2.75, 3.05) is 12.4 Å². The van der Waals surface area contributed by atoms with Crippen molar-refractivity contribution in [3.8, 4) is 0 Å². The highest BCUT2D eigenvalue weighted by Crippen LogP contribution is 2.33. The van der Waals surface area contributed by atoms with E-state index < -0.39 is 23.7 Å². The molecule has 0 saturated carbocycles. The Hall–Kier alpha value is -1.84. The molecule has 0 unspecified atom stereocenters. The van der Waals surface area contributed by atoms with Gasteiger partial charge in [-0.2, -0.15) is 13.2 Å². The number of methoxy groups -OCH3 is 1. The summed E-state index contributed by atoms with van der Waals surface area (Å²) >= 11 is 0.847. The molecule has 6 nitrogen and oxygen atoms in total. The van der Waals surface area contributed by atoms with E-state index in [1.807, 2.05) is 5.32 Å². The van der Waals surface area contributed by atoms with E-state index in [1.54, 1.807) is 5.32 Å². The Balaban J connectivity index is 3.25. The number of alkyl halides is 3. The van der Waals surface area contributed by atoms with Crippen LogP contribution >= 0.6 is 11.3 Å². The van der Waals surface area contributed by atoms with Crippen LogP contribution < -0.4 is 10.6 Å². The first-order valence-corrected chi connectivity index (χ1v) is 6.28. The minimum atomic E-state index is -5.11. The number of nitrogens with one attached hydrogen (secondary N) is 2. The first kappa shape index (κ1) is 16.2.